The summed E-state index contributed by atoms with van der Waals surface area (Å²) in [6.45, 7) is 2.55. The molecule has 0 spiro atoms. The fourth-order valence-electron chi connectivity index (χ4n) is 2.56. The lowest BCUT2D eigenvalue weighted by Gasteiger charge is -2.17. The molecule has 4 heteroatoms. The Morgan fingerprint density at radius 2 is 2.05 bits per heavy atom. The van der Waals surface area contributed by atoms with Crippen molar-refractivity contribution in [2.24, 2.45) is 0 Å². The minimum absolute atomic E-state index is 0.357. The smallest absolute Gasteiger partial charge is 0.332 e. The van der Waals surface area contributed by atoms with Gasteiger partial charge in [-0.3, -0.25) is 0 Å². The number of carbonyl (C=O) groups is 1. The zero-order valence-corrected chi connectivity index (χ0v) is 11.9. The van der Waals surface area contributed by atoms with E-state index in [4.69, 9.17) is 14.6 Å². The van der Waals surface area contributed by atoms with Crippen LogP contribution in [0.3, 0.4) is 0 Å². The molecule has 1 N–H and O–H groups in total. The molecule has 0 amide bonds. The lowest BCUT2D eigenvalue weighted by atomic mass is 9.92. The first kappa shape index (κ1) is 14.9. The Kier molecular flexibility index (Phi) is 5.41. The van der Waals surface area contributed by atoms with Crippen LogP contribution in [-0.2, 0) is 22.4 Å². The number of ether oxygens (including phenoxy) is 2. The van der Waals surface area contributed by atoms with E-state index in [0.29, 0.717) is 19.6 Å². The van der Waals surface area contributed by atoms with Crippen LogP contribution in [0.25, 0.3) is 0 Å². The summed E-state index contributed by atoms with van der Waals surface area (Å²) in [5.74, 6) is -0.104. The third-order valence-corrected chi connectivity index (χ3v) is 3.61. The molecule has 1 aliphatic carbocycles. The van der Waals surface area contributed by atoms with Crippen LogP contribution in [0.1, 0.15) is 37.3 Å². The van der Waals surface area contributed by atoms with E-state index in [-0.39, 0.29) is 0 Å². The molecule has 0 saturated heterocycles. The molecule has 0 heterocycles. The Bertz CT molecular complexity index is 456. The van der Waals surface area contributed by atoms with Crippen LogP contribution < -0.4 is 4.74 Å². The van der Waals surface area contributed by atoms with Gasteiger partial charge in [-0.25, -0.2) is 4.79 Å². The van der Waals surface area contributed by atoms with Crippen molar-refractivity contribution in [2.75, 3.05) is 13.2 Å². The van der Waals surface area contributed by atoms with E-state index in [1.807, 2.05) is 6.07 Å². The molecule has 1 atom stereocenters. The van der Waals surface area contributed by atoms with E-state index in [9.17, 15) is 4.79 Å². The molecule has 1 aliphatic rings. The second-order valence-electron chi connectivity index (χ2n) is 5.06. The lowest BCUT2D eigenvalue weighted by Crippen LogP contribution is -2.26. The van der Waals surface area contributed by atoms with Crippen molar-refractivity contribution in [3.05, 3.63) is 29.3 Å². The predicted octanol–water partition coefficient (Wildman–Crippen LogP) is 2.82. The molecule has 0 bridgehead atoms. The lowest BCUT2D eigenvalue weighted by molar-refractivity contribution is -0.150. The van der Waals surface area contributed by atoms with Crippen LogP contribution in [0, 0.1) is 0 Å². The maximum absolute atomic E-state index is 10.9. The summed E-state index contributed by atoms with van der Waals surface area (Å²) in [5.41, 5.74) is 2.79. The van der Waals surface area contributed by atoms with Gasteiger partial charge in [0.05, 0.1) is 6.61 Å². The number of hydrogen-bond acceptors (Lipinski definition) is 3. The van der Waals surface area contributed by atoms with Gasteiger partial charge in [0.25, 0.3) is 0 Å². The van der Waals surface area contributed by atoms with Crippen LogP contribution in [-0.4, -0.2) is 30.4 Å². The first-order valence-corrected chi connectivity index (χ1v) is 7.29. The molecule has 2 rings (SSSR count). The first-order valence-electron chi connectivity index (χ1n) is 7.29. The van der Waals surface area contributed by atoms with Crippen molar-refractivity contribution < 1.29 is 19.4 Å². The number of carboxylic acids is 1. The third kappa shape index (κ3) is 3.97. The first-order chi connectivity index (χ1) is 9.70. The number of hydrogen-bond donors (Lipinski definition) is 1. The highest BCUT2D eigenvalue weighted by atomic mass is 16.5. The summed E-state index contributed by atoms with van der Waals surface area (Å²) in [5, 5.41) is 8.98. The van der Waals surface area contributed by atoms with E-state index in [2.05, 4.69) is 12.1 Å². The normalized spacial score (nSPS) is 15.4. The minimum atomic E-state index is -0.930. The summed E-state index contributed by atoms with van der Waals surface area (Å²) in [4.78, 5) is 10.9. The molecule has 0 radical (unpaired) electrons. The molecule has 0 fully saturated rings. The van der Waals surface area contributed by atoms with Crippen LogP contribution in [0.4, 0.5) is 0 Å². The maximum Gasteiger partial charge on any atom is 0.332 e. The van der Waals surface area contributed by atoms with Gasteiger partial charge in [0.1, 0.15) is 5.75 Å². The van der Waals surface area contributed by atoms with Crippen molar-refractivity contribution in [1.29, 1.82) is 0 Å². The molecule has 0 aromatic heterocycles. The van der Waals surface area contributed by atoms with E-state index >= 15 is 0 Å². The Morgan fingerprint density at radius 1 is 1.30 bits per heavy atom. The van der Waals surface area contributed by atoms with Gasteiger partial charge in [-0.2, -0.15) is 0 Å². The van der Waals surface area contributed by atoms with Crippen molar-refractivity contribution in [3.63, 3.8) is 0 Å². The largest absolute Gasteiger partial charge is 0.493 e. The minimum Gasteiger partial charge on any atom is -0.493 e. The highest BCUT2D eigenvalue weighted by Crippen LogP contribution is 2.25. The molecular weight excluding hydrogens is 256 g/mol. The van der Waals surface area contributed by atoms with Crippen molar-refractivity contribution in [3.8, 4) is 5.75 Å². The average Bonchev–Trinajstić information content (AvgIpc) is 2.46. The Balaban J connectivity index is 1.86. The van der Waals surface area contributed by atoms with Crippen LogP contribution in [0.5, 0.6) is 5.75 Å². The van der Waals surface area contributed by atoms with Gasteiger partial charge in [-0.05, 0) is 55.9 Å². The third-order valence-electron chi connectivity index (χ3n) is 3.61. The van der Waals surface area contributed by atoms with E-state index in [0.717, 1.165) is 18.6 Å². The molecule has 1 aromatic rings. The van der Waals surface area contributed by atoms with Gasteiger partial charge in [0.2, 0.25) is 0 Å². The fourth-order valence-corrected chi connectivity index (χ4v) is 2.56. The summed E-state index contributed by atoms with van der Waals surface area (Å²) >= 11 is 0. The molecular formula is C16H22O4. The Labute approximate surface area is 119 Å². The topological polar surface area (TPSA) is 55.8 Å². The summed E-state index contributed by atoms with van der Waals surface area (Å²) < 4.78 is 10.8. The Morgan fingerprint density at radius 3 is 2.75 bits per heavy atom. The molecule has 0 saturated carbocycles. The fraction of sp³-hybridized carbons (Fsp3) is 0.562. The van der Waals surface area contributed by atoms with Crippen molar-refractivity contribution in [1.82, 2.24) is 0 Å². The van der Waals surface area contributed by atoms with Gasteiger partial charge < -0.3 is 14.6 Å². The monoisotopic (exact) mass is 278 g/mol. The molecule has 4 nitrogen and oxygen atoms in total. The van der Waals surface area contributed by atoms with E-state index < -0.39 is 12.1 Å². The molecule has 1 unspecified atom stereocenters. The van der Waals surface area contributed by atoms with Gasteiger partial charge >= 0.3 is 5.97 Å². The summed E-state index contributed by atoms with van der Waals surface area (Å²) in [6.07, 6.45) is 4.35. The number of benzene rings is 1. The van der Waals surface area contributed by atoms with Crippen LogP contribution in [0.2, 0.25) is 0 Å². The SMILES string of the molecule is CCOC(CCOc1ccc2c(c1)CCCC2)C(=O)O. The standard InChI is InChI=1S/C16H22O4/c1-2-19-15(16(17)18)9-10-20-14-8-7-12-5-3-4-6-13(12)11-14/h7-8,11,15H,2-6,9-10H2,1H3,(H,17,18). The van der Waals surface area contributed by atoms with Gasteiger partial charge in [0, 0.05) is 13.0 Å². The van der Waals surface area contributed by atoms with E-state index in [1.165, 1.54) is 24.0 Å². The molecule has 20 heavy (non-hydrogen) atoms. The second-order valence-corrected chi connectivity index (χ2v) is 5.06. The van der Waals surface area contributed by atoms with Gasteiger partial charge in [-0.15, -0.1) is 0 Å². The average molecular weight is 278 g/mol. The Hall–Kier alpha value is -1.55. The zero-order chi connectivity index (χ0) is 14.4. The van der Waals surface area contributed by atoms with Crippen LogP contribution in [0.15, 0.2) is 18.2 Å². The highest BCUT2D eigenvalue weighted by Gasteiger charge is 2.17. The van der Waals surface area contributed by atoms with Crippen LogP contribution >= 0.6 is 0 Å². The zero-order valence-electron chi connectivity index (χ0n) is 11.9. The van der Waals surface area contributed by atoms with Crippen molar-refractivity contribution >= 4 is 5.97 Å². The molecule has 0 aliphatic heterocycles. The molecule has 1 aromatic carbocycles. The van der Waals surface area contributed by atoms with Crippen molar-refractivity contribution in [2.45, 2.75) is 45.1 Å². The van der Waals surface area contributed by atoms with Gasteiger partial charge in [0.15, 0.2) is 6.10 Å². The number of fused-ring (bicyclic) bond motifs is 1. The number of aliphatic carboxylic acids is 1. The number of aryl methyl sites for hydroxylation is 2. The van der Waals surface area contributed by atoms with E-state index in [1.54, 1.807) is 6.92 Å². The summed E-state index contributed by atoms with van der Waals surface area (Å²) in [6, 6.07) is 6.19. The molecule has 110 valence electrons. The van der Waals surface area contributed by atoms with Gasteiger partial charge in [-0.1, -0.05) is 6.07 Å². The number of carboxylic acid groups (broad SMARTS) is 1. The number of rotatable bonds is 7. The summed E-state index contributed by atoms with van der Waals surface area (Å²) in [7, 11) is 0. The maximum atomic E-state index is 10.9. The highest BCUT2D eigenvalue weighted by molar-refractivity contribution is 5.72. The predicted molar refractivity (Wildman–Crippen MR) is 76.2 cm³/mol. The quantitative estimate of drug-likeness (QED) is 0.833. The second kappa shape index (κ2) is 7.29.